The Kier molecular flexibility index (Phi) is 10.6. The highest BCUT2D eigenvalue weighted by molar-refractivity contribution is 7.99. The third kappa shape index (κ3) is 7.90. The molecule has 6 heteroatoms. The minimum atomic E-state index is -0.511. The standard InChI is InChI=1S/C26H36N2O3S/c1-6-20(4)27-26(30)24(7-2)28(16-22-9-8-10-23(15-22)31-5)25(29)18-32-17-21-13-11-19(3)12-14-21/h8-15,20,24H,6-7,16-18H2,1-5H3,(H,27,30)/t20-,24-/m0/s1. The van der Waals surface area contributed by atoms with E-state index in [9.17, 15) is 9.59 Å². The van der Waals surface area contributed by atoms with Crippen LogP contribution >= 0.6 is 11.8 Å². The van der Waals surface area contributed by atoms with Crippen LogP contribution in [0.15, 0.2) is 48.5 Å². The van der Waals surface area contributed by atoms with Crippen LogP contribution in [-0.4, -0.2) is 41.7 Å². The fourth-order valence-electron chi connectivity index (χ4n) is 3.35. The van der Waals surface area contributed by atoms with E-state index in [1.807, 2.05) is 45.0 Å². The van der Waals surface area contributed by atoms with Crippen molar-refractivity contribution in [1.82, 2.24) is 10.2 Å². The minimum absolute atomic E-state index is 0.0314. The number of methoxy groups -OCH3 is 1. The molecule has 174 valence electrons. The number of nitrogens with zero attached hydrogens (tertiary/aromatic N) is 1. The number of carbonyl (C=O) groups excluding carboxylic acids is 2. The van der Waals surface area contributed by atoms with Crippen molar-refractivity contribution in [3.63, 3.8) is 0 Å². The molecule has 2 aromatic rings. The zero-order valence-corrected chi connectivity index (χ0v) is 20.7. The normalized spacial score (nSPS) is 12.7. The van der Waals surface area contributed by atoms with E-state index in [1.165, 1.54) is 11.1 Å². The summed E-state index contributed by atoms with van der Waals surface area (Å²) >= 11 is 1.58. The predicted octanol–water partition coefficient (Wildman–Crippen LogP) is 4.96. The zero-order chi connectivity index (χ0) is 23.5. The highest BCUT2D eigenvalue weighted by Crippen LogP contribution is 2.20. The molecule has 0 heterocycles. The SMILES string of the molecule is CC[C@H](C)NC(=O)[C@H](CC)N(Cc1cccc(OC)c1)C(=O)CSCc1ccc(C)cc1. The van der Waals surface area contributed by atoms with E-state index in [-0.39, 0.29) is 17.9 Å². The van der Waals surface area contributed by atoms with Gasteiger partial charge in [0.2, 0.25) is 11.8 Å². The fourth-order valence-corrected chi connectivity index (χ4v) is 4.22. The Hall–Kier alpha value is -2.47. The molecule has 2 amide bonds. The number of ether oxygens (including phenoxy) is 1. The van der Waals surface area contributed by atoms with Crippen LogP contribution in [-0.2, 0) is 21.9 Å². The van der Waals surface area contributed by atoms with Gasteiger partial charge in [-0.2, -0.15) is 0 Å². The van der Waals surface area contributed by atoms with Gasteiger partial charge in [0.25, 0.3) is 0 Å². The van der Waals surface area contributed by atoms with Crippen molar-refractivity contribution in [2.75, 3.05) is 12.9 Å². The molecule has 0 aromatic heterocycles. The summed E-state index contributed by atoms with van der Waals surface area (Å²) in [5, 5.41) is 3.05. The number of thioether (sulfide) groups is 1. The molecule has 2 aromatic carbocycles. The number of nitrogens with one attached hydrogen (secondary N) is 1. The number of hydrogen-bond donors (Lipinski definition) is 1. The lowest BCUT2D eigenvalue weighted by Crippen LogP contribution is -2.51. The summed E-state index contributed by atoms with van der Waals surface area (Å²) in [5.74, 6) is 1.69. The summed E-state index contributed by atoms with van der Waals surface area (Å²) in [6, 6.07) is 15.6. The Morgan fingerprint density at radius 2 is 1.78 bits per heavy atom. The summed E-state index contributed by atoms with van der Waals surface area (Å²) in [4.78, 5) is 28.0. The quantitative estimate of drug-likeness (QED) is 0.490. The molecule has 0 aliphatic rings. The highest BCUT2D eigenvalue weighted by Gasteiger charge is 2.29. The van der Waals surface area contributed by atoms with Crippen LogP contribution in [0.5, 0.6) is 5.75 Å². The van der Waals surface area contributed by atoms with Crippen LogP contribution in [0.2, 0.25) is 0 Å². The van der Waals surface area contributed by atoms with Crippen LogP contribution in [0.1, 0.15) is 50.3 Å². The van der Waals surface area contributed by atoms with Crippen molar-refractivity contribution in [1.29, 1.82) is 0 Å². The molecule has 1 N–H and O–H groups in total. The van der Waals surface area contributed by atoms with Crippen LogP contribution in [0.3, 0.4) is 0 Å². The average Bonchev–Trinajstić information content (AvgIpc) is 2.80. The molecule has 0 spiro atoms. The summed E-state index contributed by atoms with van der Waals surface area (Å²) in [5.41, 5.74) is 3.35. The number of benzene rings is 2. The molecule has 0 unspecified atom stereocenters. The van der Waals surface area contributed by atoms with Gasteiger partial charge in [0, 0.05) is 18.3 Å². The molecule has 0 saturated heterocycles. The first-order valence-electron chi connectivity index (χ1n) is 11.2. The van der Waals surface area contributed by atoms with E-state index < -0.39 is 6.04 Å². The molecule has 0 aliphatic carbocycles. The number of amides is 2. The third-order valence-electron chi connectivity index (χ3n) is 5.49. The van der Waals surface area contributed by atoms with E-state index >= 15 is 0 Å². The van der Waals surface area contributed by atoms with Crippen molar-refractivity contribution in [3.8, 4) is 5.75 Å². The molecule has 0 saturated carbocycles. The first-order valence-corrected chi connectivity index (χ1v) is 12.4. The first-order chi connectivity index (χ1) is 15.4. The van der Waals surface area contributed by atoms with E-state index in [0.29, 0.717) is 18.7 Å². The highest BCUT2D eigenvalue weighted by atomic mass is 32.2. The van der Waals surface area contributed by atoms with Crippen molar-refractivity contribution >= 4 is 23.6 Å². The first kappa shape index (κ1) is 25.8. The molecular formula is C26H36N2O3S. The second kappa shape index (κ2) is 13.2. The van der Waals surface area contributed by atoms with Crippen LogP contribution < -0.4 is 10.1 Å². The number of hydrogen-bond acceptors (Lipinski definition) is 4. The van der Waals surface area contributed by atoms with Gasteiger partial charge in [-0.1, -0.05) is 55.8 Å². The van der Waals surface area contributed by atoms with Crippen molar-refractivity contribution in [3.05, 3.63) is 65.2 Å². The topological polar surface area (TPSA) is 58.6 Å². The second-order valence-corrected chi connectivity index (χ2v) is 9.08. The van der Waals surface area contributed by atoms with Gasteiger partial charge in [-0.15, -0.1) is 11.8 Å². The van der Waals surface area contributed by atoms with E-state index in [1.54, 1.807) is 23.8 Å². The van der Waals surface area contributed by atoms with E-state index in [4.69, 9.17) is 4.74 Å². The maximum Gasteiger partial charge on any atom is 0.243 e. The van der Waals surface area contributed by atoms with Gasteiger partial charge in [-0.25, -0.2) is 0 Å². The molecule has 32 heavy (non-hydrogen) atoms. The summed E-state index contributed by atoms with van der Waals surface area (Å²) < 4.78 is 5.33. The van der Waals surface area contributed by atoms with Crippen LogP contribution in [0, 0.1) is 6.92 Å². The Labute approximate surface area is 196 Å². The Morgan fingerprint density at radius 1 is 1.06 bits per heavy atom. The Bertz CT molecular complexity index is 870. The molecule has 2 atom stereocenters. The van der Waals surface area contributed by atoms with E-state index in [2.05, 4.69) is 36.5 Å². The maximum absolute atomic E-state index is 13.3. The second-order valence-electron chi connectivity index (χ2n) is 8.09. The molecule has 0 fully saturated rings. The summed E-state index contributed by atoms with van der Waals surface area (Å²) in [6.45, 7) is 8.40. The van der Waals surface area contributed by atoms with E-state index in [0.717, 1.165) is 23.5 Å². The van der Waals surface area contributed by atoms with Gasteiger partial charge in [-0.3, -0.25) is 9.59 Å². The maximum atomic E-state index is 13.3. The van der Waals surface area contributed by atoms with Gasteiger partial charge in [0.1, 0.15) is 11.8 Å². The molecule has 0 aliphatic heterocycles. The average molecular weight is 457 g/mol. The smallest absolute Gasteiger partial charge is 0.243 e. The molecule has 2 rings (SSSR count). The summed E-state index contributed by atoms with van der Waals surface area (Å²) in [7, 11) is 1.62. The molecule has 0 bridgehead atoms. The lowest BCUT2D eigenvalue weighted by Gasteiger charge is -2.31. The van der Waals surface area contributed by atoms with Crippen molar-refractivity contribution in [2.45, 2.75) is 64.9 Å². The number of carbonyl (C=O) groups is 2. The third-order valence-corrected chi connectivity index (χ3v) is 6.48. The molecular weight excluding hydrogens is 420 g/mol. The molecule has 0 radical (unpaired) electrons. The monoisotopic (exact) mass is 456 g/mol. The van der Waals surface area contributed by atoms with Gasteiger partial charge in [0.05, 0.1) is 12.9 Å². The molecule has 5 nitrogen and oxygen atoms in total. The predicted molar refractivity (Wildman–Crippen MR) is 133 cm³/mol. The minimum Gasteiger partial charge on any atom is -0.497 e. The Morgan fingerprint density at radius 3 is 2.41 bits per heavy atom. The van der Waals surface area contributed by atoms with Gasteiger partial charge >= 0.3 is 0 Å². The zero-order valence-electron chi connectivity index (χ0n) is 19.9. The largest absolute Gasteiger partial charge is 0.497 e. The lowest BCUT2D eigenvalue weighted by atomic mass is 10.1. The van der Waals surface area contributed by atoms with Crippen LogP contribution in [0.4, 0.5) is 0 Å². The van der Waals surface area contributed by atoms with Crippen molar-refractivity contribution in [2.24, 2.45) is 0 Å². The Balaban J connectivity index is 2.15. The summed E-state index contributed by atoms with van der Waals surface area (Å²) in [6.07, 6.45) is 1.40. The number of aryl methyl sites for hydroxylation is 1. The number of rotatable bonds is 12. The van der Waals surface area contributed by atoms with Gasteiger partial charge in [0.15, 0.2) is 0 Å². The van der Waals surface area contributed by atoms with Gasteiger partial charge in [-0.05, 0) is 49.9 Å². The van der Waals surface area contributed by atoms with Gasteiger partial charge < -0.3 is 15.0 Å². The van der Waals surface area contributed by atoms with Crippen LogP contribution in [0.25, 0.3) is 0 Å². The van der Waals surface area contributed by atoms with Crippen molar-refractivity contribution < 1.29 is 14.3 Å². The lowest BCUT2D eigenvalue weighted by molar-refractivity contribution is -0.139. The fraction of sp³-hybridized carbons (Fsp3) is 0.462.